The van der Waals surface area contributed by atoms with Crippen molar-refractivity contribution in [2.24, 2.45) is 4.99 Å². The summed E-state index contributed by atoms with van der Waals surface area (Å²) in [5.41, 5.74) is 2.50. The number of aryl methyl sites for hydroxylation is 1. The fourth-order valence-corrected chi connectivity index (χ4v) is 1.10. The molecule has 3 heteroatoms. The van der Waals surface area contributed by atoms with Gasteiger partial charge < -0.3 is 0 Å². The summed E-state index contributed by atoms with van der Waals surface area (Å²) in [5, 5.41) is 0. The van der Waals surface area contributed by atoms with Gasteiger partial charge in [0.15, 0.2) is 0 Å². The van der Waals surface area contributed by atoms with E-state index in [4.69, 9.17) is 0 Å². The molecule has 0 aliphatic rings. The molecule has 0 N–H and O–H groups in total. The number of aliphatic imine (C=N–C) groups is 1. The molecule has 0 unspecified atom stereocenters. The maximum absolute atomic E-state index is 12.3. The number of alkyl halides is 1. The molecule has 0 aromatic heterocycles. The molecule has 0 spiro atoms. The minimum Gasteiger partial charge on any atom is -0.246 e. The number of halogens is 1. The normalized spacial score (nSPS) is 9.38. The number of hydrogen-bond acceptors (Lipinski definition) is 2. The lowest BCUT2D eigenvalue weighted by atomic mass is 10.1. The zero-order valence-electron chi connectivity index (χ0n) is 7.38. The molecule has 0 aliphatic carbocycles. The molecule has 0 saturated heterocycles. The third kappa shape index (κ3) is 2.49. The van der Waals surface area contributed by atoms with Gasteiger partial charge in [0.25, 0.3) is 0 Å². The lowest BCUT2D eigenvalue weighted by Crippen LogP contribution is -1.89. The van der Waals surface area contributed by atoms with Gasteiger partial charge >= 0.3 is 0 Å². The van der Waals surface area contributed by atoms with Crippen LogP contribution in [0.4, 0.5) is 4.39 Å². The summed E-state index contributed by atoms with van der Waals surface area (Å²) in [4.78, 5) is 13.3. The van der Waals surface area contributed by atoms with Crippen LogP contribution in [0.1, 0.15) is 16.7 Å². The Hall–Kier alpha value is -1.47. The highest BCUT2D eigenvalue weighted by Gasteiger charge is 1.99. The van der Waals surface area contributed by atoms with Gasteiger partial charge in [-0.3, -0.25) is 0 Å². The van der Waals surface area contributed by atoms with E-state index in [9.17, 15) is 9.18 Å². The van der Waals surface area contributed by atoms with Gasteiger partial charge in [0.2, 0.25) is 6.08 Å². The van der Waals surface area contributed by atoms with E-state index in [1.165, 1.54) is 6.08 Å². The van der Waals surface area contributed by atoms with Crippen molar-refractivity contribution in [3.63, 3.8) is 0 Å². The number of hydrogen-bond donors (Lipinski definition) is 0. The van der Waals surface area contributed by atoms with E-state index in [0.717, 1.165) is 11.1 Å². The first-order valence-electron chi connectivity index (χ1n) is 3.96. The van der Waals surface area contributed by atoms with Gasteiger partial charge in [-0.05, 0) is 23.6 Å². The molecule has 0 fully saturated rings. The van der Waals surface area contributed by atoms with E-state index in [1.54, 1.807) is 12.1 Å². The molecule has 1 aromatic rings. The summed E-state index contributed by atoms with van der Waals surface area (Å²) in [6.45, 7) is 1.69. The van der Waals surface area contributed by atoms with Gasteiger partial charge in [-0.2, -0.15) is 0 Å². The van der Waals surface area contributed by atoms with Gasteiger partial charge in [-0.25, -0.2) is 14.2 Å². The van der Waals surface area contributed by atoms with Crippen LogP contribution in [0.5, 0.6) is 0 Å². The molecule has 0 amide bonds. The number of nitrogens with zero attached hydrogens (tertiary/aromatic N) is 1. The Bertz CT molecular complexity index is 343. The lowest BCUT2D eigenvalue weighted by Gasteiger charge is -2.03. The quantitative estimate of drug-likeness (QED) is 0.517. The molecule has 1 rings (SSSR count). The highest BCUT2D eigenvalue weighted by Crippen LogP contribution is 2.12. The van der Waals surface area contributed by atoms with Crippen LogP contribution in [-0.2, 0) is 18.0 Å². The predicted octanol–water partition coefficient (Wildman–Crippen LogP) is 2.30. The second-order valence-electron chi connectivity index (χ2n) is 2.80. The summed E-state index contributed by atoms with van der Waals surface area (Å²) in [7, 11) is 0. The van der Waals surface area contributed by atoms with Crippen LogP contribution in [0.25, 0.3) is 0 Å². The summed E-state index contributed by atoms with van der Waals surface area (Å²) in [6.07, 6.45) is 1.46. The fourth-order valence-electron chi connectivity index (χ4n) is 1.10. The van der Waals surface area contributed by atoms with E-state index < -0.39 is 6.67 Å². The van der Waals surface area contributed by atoms with E-state index >= 15 is 0 Å². The lowest BCUT2D eigenvalue weighted by molar-refractivity contribution is 0.485. The molecule has 2 nitrogen and oxygen atoms in total. The van der Waals surface area contributed by atoms with Crippen LogP contribution in [0.3, 0.4) is 0 Å². The zero-order valence-corrected chi connectivity index (χ0v) is 7.38. The maximum atomic E-state index is 12.3. The predicted molar refractivity (Wildman–Crippen MR) is 47.8 cm³/mol. The third-order valence-corrected chi connectivity index (χ3v) is 1.88. The molecule has 13 heavy (non-hydrogen) atoms. The van der Waals surface area contributed by atoms with Crippen molar-refractivity contribution in [2.45, 2.75) is 20.1 Å². The summed E-state index contributed by atoms with van der Waals surface area (Å²) in [5.74, 6) is 0. The minimum absolute atomic E-state index is 0.281. The van der Waals surface area contributed by atoms with E-state index in [1.807, 2.05) is 13.0 Å². The van der Waals surface area contributed by atoms with Gasteiger partial charge in [0.1, 0.15) is 6.67 Å². The number of rotatable bonds is 3. The first-order valence-corrected chi connectivity index (χ1v) is 3.96. The van der Waals surface area contributed by atoms with Crippen LogP contribution >= 0.6 is 0 Å². The van der Waals surface area contributed by atoms with Crippen molar-refractivity contribution in [3.05, 3.63) is 34.9 Å². The van der Waals surface area contributed by atoms with Crippen LogP contribution in [0, 0.1) is 6.92 Å². The smallest absolute Gasteiger partial charge is 0.235 e. The monoisotopic (exact) mass is 179 g/mol. The van der Waals surface area contributed by atoms with Gasteiger partial charge in [0.05, 0.1) is 6.54 Å². The average molecular weight is 179 g/mol. The van der Waals surface area contributed by atoms with Crippen LogP contribution in [0.15, 0.2) is 23.2 Å². The summed E-state index contributed by atoms with van der Waals surface area (Å²) >= 11 is 0. The van der Waals surface area contributed by atoms with Gasteiger partial charge in [0, 0.05) is 0 Å². The maximum Gasteiger partial charge on any atom is 0.235 e. The first kappa shape index (κ1) is 9.62. The summed E-state index contributed by atoms with van der Waals surface area (Å²) < 4.78 is 12.3. The second kappa shape index (κ2) is 4.53. The largest absolute Gasteiger partial charge is 0.246 e. The minimum atomic E-state index is -0.488. The Morgan fingerprint density at radius 1 is 1.54 bits per heavy atom. The average Bonchev–Trinajstić information content (AvgIpc) is 2.17. The molecular formula is C10H10FNO. The van der Waals surface area contributed by atoms with Crippen molar-refractivity contribution >= 4 is 6.08 Å². The van der Waals surface area contributed by atoms with Crippen molar-refractivity contribution < 1.29 is 9.18 Å². The first-order chi connectivity index (χ1) is 6.27. The summed E-state index contributed by atoms with van der Waals surface area (Å²) in [6, 6.07) is 5.27. The molecule has 0 atom stereocenters. The third-order valence-electron chi connectivity index (χ3n) is 1.88. The SMILES string of the molecule is Cc1ccc(CF)cc1CN=C=O. The van der Waals surface area contributed by atoms with Crippen molar-refractivity contribution in [2.75, 3.05) is 0 Å². The van der Waals surface area contributed by atoms with Crippen molar-refractivity contribution in [3.8, 4) is 0 Å². The zero-order chi connectivity index (χ0) is 9.68. The van der Waals surface area contributed by atoms with Crippen LogP contribution in [0.2, 0.25) is 0 Å². The van der Waals surface area contributed by atoms with E-state index in [0.29, 0.717) is 5.56 Å². The number of benzene rings is 1. The molecular weight excluding hydrogens is 169 g/mol. The Morgan fingerprint density at radius 2 is 2.31 bits per heavy atom. The Kier molecular flexibility index (Phi) is 3.35. The van der Waals surface area contributed by atoms with E-state index in [2.05, 4.69) is 4.99 Å². The molecule has 1 aromatic carbocycles. The highest BCUT2D eigenvalue weighted by molar-refractivity contribution is 5.36. The Balaban J connectivity index is 2.96. The molecule has 0 heterocycles. The number of isocyanates is 1. The molecule has 0 radical (unpaired) electrons. The van der Waals surface area contributed by atoms with Crippen LogP contribution < -0.4 is 0 Å². The highest BCUT2D eigenvalue weighted by atomic mass is 19.1. The number of carbonyl (C=O) groups excluding carboxylic acids is 1. The van der Waals surface area contributed by atoms with Gasteiger partial charge in [-0.1, -0.05) is 18.2 Å². The Labute approximate surface area is 76.1 Å². The molecule has 68 valence electrons. The standard InChI is InChI=1S/C10H10FNO/c1-8-2-3-9(5-11)4-10(8)6-12-7-13/h2-4H,5-6H2,1H3. The Morgan fingerprint density at radius 3 is 2.92 bits per heavy atom. The van der Waals surface area contributed by atoms with E-state index in [-0.39, 0.29) is 6.54 Å². The van der Waals surface area contributed by atoms with Crippen molar-refractivity contribution in [1.29, 1.82) is 0 Å². The van der Waals surface area contributed by atoms with Crippen LogP contribution in [-0.4, -0.2) is 6.08 Å². The fraction of sp³-hybridized carbons (Fsp3) is 0.300. The topological polar surface area (TPSA) is 29.4 Å². The molecule has 0 saturated carbocycles. The molecule has 0 bridgehead atoms. The molecule has 0 aliphatic heterocycles. The van der Waals surface area contributed by atoms with Crippen molar-refractivity contribution in [1.82, 2.24) is 0 Å². The van der Waals surface area contributed by atoms with Gasteiger partial charge in [-0.15, -0.1) is 0 Å². The second-order valence-corrected chi connectivity index (χ2v) is 2.80.